The fourth-order valence-electron chi connectivity index (χ4n) is 2.48. The Balaban J connectivity index is 1.96. The van der Waals surface area contributed by atoms with Crippen LogP contribution in [0.5, 0.6) is 0 Å². The Kier molecular flexibility index (Phi) is 6.73. The Morgan fingerprint density at radius 3 is 2.67 bits per heavy atom. The number of rotatable bonds is 8. The summed E-state index contributed by atoms with van der Waals surface area (Å²) in [5.74, 6) is 3.37. The van der Waals surface area contributed by atoms with E-state index in [2.05, 4.69) is 34.4 Å². The molecule has 0 radical (unpaired) electrons. The molecule has 1 aromatic heterocycles. The quantitative estimate of drug-likeness (QED) is 0.771. The Morgan fingerprint density at radius 2 is 2.00 bits per heavy atom. The van der Waals surface area contributed by atoms with Crippen molar-refractivity contribution in [3.05, 3.63) is 11.9 Å². The number of hydrogen-bond acceptors (Lipinski definition) is 5. The van der Waals surface area contributed by atoms with Crippen LogP contribution in [0.3, 0.4) is 0 Å². The first-order chi connectivity index (χ1) is 10.3. The topological polar surface area (TPSA) is 59.1 Å². The lowest BCUT2D eigenvalue weighted by atomic mass is 10.0. The van der Waals surface area contributed by atoms with Crippen molar-refractivity contribution in [1.29, 1.82) is 0 Å². The molecule has 5 nitrogen and oxygen atoms in total. The lowest BCUT2D eigenvalue weighted by Gasteiger charge is -2.22. The zero-order chi connectivity index (χ0) is 14.9. The third kappa shape index (κ3) is 5.50. The molecule has 21 heavy (non-hydrogen) atoms. The van der Waals surface area contributed by atoms with Crippen molar-refractivity contribution in [1.82, 2.24) is 9.97 Å². The molecule has 1 aromatic rings. The largest absolute Gasteiger partial charge is 0.381 e. The molecule has 2 rings (SSSR count). The highest BCUT2D eigenvalue weighted by molar-refractivity contribution is 5.47. The van der Waals surface area contributed by atoms with Crippen LogP contribution in [0.15, 0.2) is 6.07 Å². The maximum atomic E-state index is 5.52. The highest BCUT2D eigenvalue weighted by atomic mass is 16.5. The Hall–Kier alpha value is -1.36. The van der Waals surface area contributed by atoms with Crippen molar-refractivity contribution in [3.8, 4) is 0 Å². The van der Waals surface area contributed by atoms with Crippen LogP contribution < -0.4 is 10.6 Å². The summed E-state index contributed by atoms with van der Waals surface area (Å²) in [4.78, 5) is 9.18. The van der Waals surface area contributed by atoms with Gasteiger partial charge < -0.3 is 15.4 Å². The molecular weight excluding hydrogens is 264 g/mol. The number of aromatic nitrogens is 2. The number of ether oxygens (including phenoxy) is 1. The molecule has 118 valence electrons. The average Bonchev–Trinajstić information content (AvgIpc) is 2.52. The summed E-state index contributed by atoms with van der Waals surface area (Å²) >= 11 is 0. The monoisotopic (exact) mass is 292 g/mol. The molecule has 5 heteroatoms. The normalized spacial score (nSPS) is 18.5. The average molecular weight is 292 g/mol. The van der Waals surface area contributed by atoms with E-state index in [9.17, 15) is 0 Å². The molecular formula is C16H28N4O. The van der Waals surface area contributed by atoms with Gasteiger partial charge in [-0.1, -0.05) is 13.8 Å². The summed E-state index contributed by atoms with van der Waals surface area (Å²) in [6, 6.07) is 2.01. The fraction of sp³-hybridized carbons (Fsp3) is 0.750. The predicted molar refractivity (Wildman–Crippen MR) is 86.8 cm³/mol. The van der Waals surface area contributed by atoms with Crippen LogP contribution in [0.4, 0.5) is 11.6 Å². The smallest absolute Gasteiger partial charge is 0.133 e. The van der Waals surface area contributed by atoms with E-state index in [4.69, 9.17) is 4.74 Å². The van der Waals surface area contributed by atoms with Gasteiger partial charge in [-0.2, -0.15) is 0 Å². The van der Waals surface area contributed by atoms with Gasteiger partial charge in [0.05, 0.1) is 6.61 Å². The Labute approximate surface area is 127 Å². The molecule has 1 saturated heterocycles. The van der Waals surface area contributed by atoms with E-state index in [0.717, 1.165) is 63.0 Å². The Bertz CT molecular complexity index is 419. The second-order valence-corrected chi connectivity index (χ2v) is 5.70. The standard InChI is InChI=1S/C16H28N4O/c1-3-6-14-19-15(17-8-4-2)10-16(20-14)18-11-13-7-5-9-21-12-13/h10,13H,3-9,11-12H2,1-2H3,(H2,17,18,19,20). The number of hydrogen-bond donors (Lipinski definition) is 2. The van der Waals surface area contributed by atoms with Crippen LogP contribution in [-0.4, -0.2) is 36.3 Å². The first-order valence-corrected chi connectivity index (χ1v) is 8.25. The van der Waals surface area contributed by atoms with E-state index in [1.807, 2.05) is 6.07 Å². The third-order valence-corrected chi connectivity index (χ3v) is 3.63. The summed E-state index contributed by atoms with van der Waals surface area (Å²) < 4.78 is 5.52. The summed E-state index contributed by atoms with van der Waals surface area (Å²) in [6.45, 7) is 7.95. The van der Waals surface area contributed by atoms with Crippen molar-refractivity contribution in [2.45, 2.75) is 46.0 Å². The van der Waals surface area contributed by atoms with Gasteiger partial charge >= 0.3 is 0 Å². The van der Waals surface area contributed by atoms with Crippen LogP contribution in [0.25, 0.3) is 0 Å². The van der Waals surface area contributed by atoms with Crippen LogP contribution in [0.1, 0.15) is 45.4 Å². The molecule has 1 aliphatic rings. The molecule has 0 bridgehead atoms. The van der Waals surface area contributed by atoms with Crippen molar-refractivity contribution in [2.75, 3.05) is 36.9 Å². The summed E-state index contributed by atoms with van der Waals surface area (Å²) in [6.07, 6.45) is 5.48. The third-order valence-electron chi connectivity index (χ3n) is 3.63. The maximum Gasteiger partial charge on any atom is 0.133 e. The van der Waals surface area contributed by atoms with Crippen molar-refractivity contribution >= 4 is 11.6 Å². The lowest BCUT2D eigenvalue weighted by molar-refractivity contribution is 0.0595. The summed E-state index contributed by atoms with van der Waals surface area (Å²) in [5.41, 5.74) is 0. The molecule has 1 aliphatic heterocycles. The van der Waals surface area contributed by atoms with Gasteiger partial charge in [-0.15, -0.1) is 0 Å². The van der Waals surface area contributed by atoms with Crippen LogP contribution in [0.2, 0.25) is 0 Å². The molecule has 1 unspecified atom stereocenters. The van der Waals surface area contributed by atoms with Crippen LogP contribution in [0, 0.1) is 5.92 Å². The van der Waals surface area contributed by atoms with Crippen LogP contribution >= 0.6 is 0 Å². The summed E-state index contributed by atoms with van der Waals surface area (Å²) in [5, 5.41) is 6.81. The minimum atomic E-state index is 0.593. The molecule has 2 heterocycles. The second-order valence-electron chi connectivity index (χ2n) is 5.70. The fourth-order valence-corrected chi connectivity index (χ4v) is 2.48. The SMILES string of the molecule is CCCNc1cc(NCC2CCCOC2)nc(CCC)n1. The molecule has 1 fully saturated rings. The van der Waals surface area contributed by atoms with Gasteiger partial charge in [-0.3, -0.25) is 0 Å². The minimum absolute atomic E-state index is 0.593. The van der Waals surface area contributed by atoms with Gasteiger partial charge in [0.15, 0.2) is 0 Å². The maximum absolute atomic E-state index is 5.52. The molecule has 1 atom stereocenters. The van der Waals surface area contributed by atoms with Gasteiger partial charge in [0.25, 0.3) is 0 Å². The summed E-state index contributed by atoms with van der Waals surface area (Å²) in [7, 11) is 0. The minimum Gasteiger partial charge on any atom is -0.381 e. The van der Waals surface area contributed by atoms with E-state index >= 15 is 0 Å². The van der Waals surface area contributed by atoms with Gasteiger partial charge in [0.1, 0.15) is 17.5 Å². The number of nitrogens with one attached hydrogen (secondary N) is 2. The zero-order valence-electron chi connectivity index (χ0n) is 13.3. The first kappa shape index (κ1) is 16.0. The number of anilines is 2. The zero-order valence-corrected chi connectivity index (χ0v) is 13.3. The van der Waals surface area contributed by atoms with Crippen molar-refractivity contribution in [2.24, 2.45) is 5.92 Å². The highest BCUT2D eigenvalue weighted by Crippen LogP contribution is 2.16. The van der Waals surface area contributed by atoms with E-state index in [1.54, 1.807) is 0 Å². The van der Waals surface area contributed by atoms with Crippen molar-refractivity contribution in [3.63, 3.8) is 0 Å². The van der Waals surface area contributed by atoms with E-state index in [-0.39, 0.29) is 0 Å². The van der Waals surface area contributed by atoms with Gasteiger partial charge in [0, 0.05) is 32.2 Å². The second kappa shape index (κ2) is 8.82. The molecule has 0 aliphatic carbocycles. The number of aryl methyl sites for hydroxylation is 1. The molecule has 0 aromatic carbocycles. The van der Waals surface area contributed by atoms with E-state index in [0.29, 0.717) is 5.92 Å². The molecule has 0 saturated carbocycles. The lowest BCUT2D eigenvalue weighted by Crippen LogP contribution is -2.24. The molecule has 2 N–H and O–H groups in total. The first-order valence-electron chi connectivity index (χ1n) is 8.25. The predicted octanol–water partition coefficient (Wildman–Crippen LogP) is 3.09. The van der Waals surface area contributed by atoms with E-state index < -0.39 is 0 Å². The van der Waals surface area contributed by atoms with Gasteiger partial charge in [-0.25, -0.2) is 9.97 Å². The highest BCUT2D eigenvalue weighted by Gasteiger charge is 2.14. The van der Waals surface area contributed by atoms with Crippen LogP contribution in [-0.2, 0) is 11.2 Å². The number of nitrogens with zero attached hydrogens (tertiary/aromatic N) is 2. The molecule has 0 amide bonds. The van der Waals surface area contributed by atoms with Gasteiger partial charge in [0.2, 0.25) is 0 Å². The van der Waals surface area contributed by atoms with Crippen molar-refractivity contribution < 1.29 is 4.74 Å². The Morgan fingerprint density at radius 1 is 1.19 bits per heavy atom. The van der Waals surface area contributed by atoms with Gasteiger partial charge in [-0.05, 0) is 31.6 Å². The van der Waals surface area contributed by atoms with E-state index in [1.165, 1.54) is 12.8 Å². The molecule has 0 spiro atoms.